The lowest BCUT2D eigenvalue weighted by molar-refractivity contribution is -0.114. The van der Waals surface area contributed by atoms with Gasteiger partial charge in [0.05, 0.1) is 10.7 Å². The Morgan fingerprint density at radius 2 is 2.00 bits per heavy atom. The lowest BCUT2D eigenvalue weighted by Gasteiger charge is -2.07. The number of carbonyl (C=O) groups excluding carboxylic acids is 2. The summed E-state index contributed by atoms with van der Waals surface area (Å²) in [5.41, 5.74) is 0.0910. The molecule has 0 aliphatic carbocycles. The molecule has 15 heavy (non-hydrogen) atoms. The molecule has 0 radical (unpaired) electrons. The first-order valence-electron chi connectivity index (χ1n) is 3.75. The van der Waals surface area contributed by atoms with Crippen LogP contribution in [0.2, 0.25) is 10.2 Å². The molecule has 0 spiro atoms. The molecule has 0 atom stereocenters. The van der Waals surface area contributed by atoms with E-state index in [-0.39, 0.29) is 27.5 Å². The lowest BCUT2D eigenvalue weighted by Crippen LogP contribution is -2.08. The second-order valence-corrected chi connectivity index (χ2v) is 3.72. The van der Waals surface area contributed by atoms with Gasteiger partial charge in [0, 0.05) is 6.92 Å². The zero-order chi connectivity index (χ0) is 11.6. The van der Waals surface area contributed by atoms with Crippen molar-refractivity contribution in [2.75, 3.05) is 5.32 Å². The molecule has 0 fully saturated rings. The van der Waals surface area contributed by atoms with Gasteiger partial charge >= 0.3 is 0 Å². The quantitative estimate of drug-likeness (QED) is 0.662. The van der Waals surface area contributed by atoms with Crippen molar-refractivity contribution in [3.63, 3.8) is 0 Å². The molecule has 0 saturated carbocycles. The fourth-order valence-corrected chi connectivity index (χ4v) is 1.50. The van der Waals surface area contributed by atoms with Crippen LogP contribution in [-0.2, 0) is 4.79 Å². The number of hydrogen-bond donors (Lipinski definition) is 1. The van der Waals surface area contributed by atoms with Gasteiger partial charge in [-0.3, -0.25) is 9.59 Å². The highest BCUT2D eigenvalue weighted by Gasteiger charge is 2.13. The van der Waals surface area contributed by atoms with Gasteiger partial charge in [-0.15, -0.1) is 0 Å². The second-order valence-electron chi connectivity index (χ2n) is 2.61. The maximum atomic E-state index is 10.8. The molecule has 4 nitrogen and oxygen atoms in total. The Balaban J connectivity index is 3.21. The highest BCUT2D eigenvalue weighted by Crippen LogP contribution is 2.29. The maximum absolute atomic E-state index is 10.8. The number of nitrogens with zero attached hydrogens (tertiary/aromatic N) is 1. The summed E-state index contributed by atoms with van der Waals surface area (Å²) in [5.74, 6) is -0.342. The van der Waals surface area contributed by atoms with E-state index in [2.05, 4.69) is 10.3 Å². The van der Waals surface area contributed by atoms with Crippen LogP contribution < -0.4 is 5.32 Å². The number of hydrogen-bond acceptors (Lipinski definition) is 3. The number of nitrogens with one attached hydrogen (secondary N) is 1. The van der Waals surface area contributed by atoms with Crippen LogP contribution in [0.3, 0.4) is 0 Å². The molecule has 1 N–H and O–H groups in total. The van der Waals surface area contributed by atoms with Gasteiger partial charge in [-0.2, -0.15) is 0 Å². The first-order valence-corrected chi connectivity index (χ1v) is 4.88. The molecule has 1 aromatic heterocycles. The second kappa shape index (κ2) is 4.79. The molecule has 0 aliphatic heterocycles. The molecule has 1 heterocycles. The third-order valence-corrected chi connectivity index (χ3v) is 2.19. The Morgan fingerprint density at radius 3 is 2.40 bits per heavy atom. The summed E-state index contributed by atoms with van der Waals surface area (Å²) in [7, 11) is 0. The van der Waals surface area contributed by atoms with Crippen molar-refractivity contribution in [1.29, 1.82) is 0 Å². The van der Waals surface area contributed by atoms with Crippen molar-refractivity contribution in [2.45, 2.75) is 6.92 Å². The van der Waals surface area contributed by atoms with Gasteiger partial charge < -0.3 is 5.32 Å². The molecule has 1 amide bonds. The van der Waals surface area contributed by atoms with Gasteiger partial charge in [0.25, 0.3) is 5.24 Å². The average Bonchev–Trinajstić information content (AvgIpc) is 2.10. The molecule has 1 aromatic rings. The number of rotatable bonds is 2. The minimum absolute atomic E-state index is 0.0687. The van der Waals surface area contributed by atoms with Crippen molar-refractivity contribution in [3.8, 4) is 0 Å². The van der Waals surface area contributed by atoms with Crippen LogP contribution in [-0.4, -0.2) is 16.1 Å². The van der Waals surface area contributed by atoms with E-state index in [1.54, 1.807) is 0 Å². The molecule has 0 saturated heterocycles. The molecule has 0 aromatic carbocycles. The van der Waals surface area contributed by atoms with Gasteiger partial charge in [0.15, 0.2) is 5.15 Å². The van der Waals surface area contributed by atoms with E-state index < -0.39 is 5.24 Å². The topological polar surface area (TPSA) is 59.1 Å². The molecule has 80 valence electrons. The molecule has 7 heteroatoms. The van der Waals surface area contributed by atoms with E-state index in [4.69, 9.17) is 34.8 Å². The summed E-state index contributed by atoms with van der Waals surface area (Å²) >= 11 is 16.7. The third kappa shape index (κ3) is 3.06. The molecular formula is C8H5Cl3N2O2. The zero-order valence-electron chi connectivity index (χ0n) is 7.47. The molecule has 0 unspecified atom stereocenters. The number of amides is 1. The summed E-state index contributed by atoms with van der Waals surface area (Å²) in [6.45, 7) is 1.30. The largest absolute Gasteiger partial charge is 0.322 e. The fraction of sp³-hybridized carbons (Fsp3) is 0.125. The Hall–Kier alpha value is -0.840. The minimum atomic E-state index is -0.770. The van der Waals surface area contributed by atoms with Crippen molar-refractivity contribution in [2.24, 2.45) is 0 Å². The number of carbonyl (C=O) groups is 2. The van der Waals surface area contributed by atoms with Gasteiger partial charge in [0.2, 0.25) is 5.91 Å². The predicted molar refractivity (Wildman–Crippen MR) is 58.7 cm³/mol. The van der Waals surface area contributed by atoms with E-state index >= 15 is 0 Å². The SMILES string of the molecule is CC(=O)Nc1c(Cl)cc(C(=O)Cl)nc1Cl. The van der Waals surface area contributed by atoms with Crippen molar-refractivity contribution < 1.29 is 9.59 Å². The number of halogens is 3. The van der Waals surface area contributed by atoms with E-state index in [9.17, 15) is 9.59 Å². The number of aromatic nitrogens is 1. The Bertz CT molecular complexity index is 411. The Kier molecular flexibility index (Phi) is 3.90. The Morgan fingerprint density at radius 1 is 1.40 bits per heavy atom. The van der Waals surface area contributed by atoms with E-state index in [1.165, 1.54) is 13.0 Å². The van der Waals surface area contributed by atoms with Crippen LogP contribution >= 0.6 is 34.8 Å². The van der Waals surface area contributed by atoms with Gasteiger partial charge in [0.1, 0.15) is 5.69 Å². The zero-order valence-corrected chi connectivity index (χ0v) is 9.74. The minimum Gasteiger partial charge on any atom is -0.322 e. The monoisotopic (exact) mass is 266 g/mol. The molecule has 0 aliphatic rings. The van der Waals surface area contributed by atoms with E-state index in [0.29, 0.717) is 0 Å². The maximum Gasteiger partial charge on any atom is 0.270 e. The van der Waals surface area contributed by atoms with Gasteiger partial charge in [-0.1, -0.05) is 23.2 Å². The van der Waals surface area contributed by atoms with Crippen LogP contribution in [0.25, 0.3) is 0 Å². The van der Waals surface area contributed by atoms with E-state index in [1.807, 2.05) is 0 Å². The standard InChI is InChI=1S/C8H5Cl3N2O2/c1-3(14)12-6-4(9)2-5(8(11)15)13-7(6)10/h2H,1H3,(H,12,14). The predicted octanol–water partition coefficient (Wildman–Crippen LogP) is 2.73. The molecule has 1 rings (SSSR count). The summed E-state index contributed by atoms with van der Waals surface area (Å²) in [6.07, 6.45) is 0. The third-order valence-electron chi connectivity index (χ3n) is 1.43. The smallest absolute Gasteiger partial charge is 0.270 e. The molecule has 0 bridgehead atoms. The number of pyridine rings is 1. The highest BCUT2D eigenvalue weighted by molar-refractivity contribution is 6.67. The summed E-state index contributed by atoms with van der Waals surface area (Å²) in [6, 6.07) is 1.23. The first kappa shape index (κ1) is 12.2. The van der Waals surface area contributed by atoms with Gasteiger partial charge in [-0.05, 0) is 17.7 Å². The summed E-state index contributed by atoms with van der Waals surface area (Å²) in [4.78, 5) is 25.2. The van der Waals surface area contributed by atoms with E-state index in [0.717, 1.165) is 0 Å². The average molecular weight is 267 g/mol. The Labute approximate surface area is 101 Å². The van der Waals surface area contributed by atoms with Crippen LogP contribution in [0, 0.1) is 0 Å². The van der Waals surface area contributed by atoms with Crippen LogP contribution in [0.15, 0.2) is 6.07 Å². The van der Waals surface area contributed by atoms with Crippen LogP contribution in [0.4, 0.5) is 5.69 Å². The number of anilines is 1. The van der Waals surface area contributed by atoms with Crippen molar-refractivity contribution in [3.05, 3.63) is 21.9 Å². The van der Waals surface area contributed by atoms with Crippen LogP contribution in [0.1, 0.15) is 17.4 Å². The van der Waals surface area contributed by atoms with Crippen molar-refractivity contribution >= 4 is 51.6 Å². The lowest BCUT2D eigenvalue weighted by atomic mass is 10.3. The fourth-order valence-electron chi connectivity index (χ4n) is 0.873. The molecular weight excluding hydrogens is 262 g/mol. The highest BCUT2D eigenvalue weighted by atomic mass is 35.5. The normalized spacial score (nSPS) is 9.87. The first-order chi connectivity index (χ1) is 6.91. The summed E-state index contributed by atoms with van der Waals surface area (Å²) in [5, 5.41) is 1.64. The van der Waals surface area contributed by atoms with Crippen molar-refractivity contribution in [1.82, 2.24) is 4.98 Å². The van der Waals surface area contributed by atoms with Crippen LogP contribution in [0.5, 0.6) is 0 Å². The summed E-state index contributed by atoms with van der Waals surface area (Å²) < 4.78 is 0. The van der Waals surface area contributed by atoms with Gasteiger partial charge in [-0.25, -0.2) is 4.98 Å².